The summed E-state index contributed by atoms with van der Waals surface area (Å²) < 4.78 is 7.30. The van der Waals surface area contributed by atoms with E-state index in [0.29, 0.717) is 11.3 Å². The highest BCUT2D eigenvalue weighted by Gasteiger charge is 2.53. The Bertz CT molecular complexity index is 941. The number of aliphatic hydroxyl groups is 3. The van der Waals surface area contributed by atoms with Crippen LogP contribution in [0.25, 0.3) is 22.3 Å². The maximum absolute atomic E-state index is 10.7. The van der Waals surface area contributed by atoms with Gasteiger partial charge in [0, 0.05) is 17.1 Å². The van der Waals surface area contributed by atoms with Crippen molar-refractivity contribution in [1.82, 2.24) is 14.5 Å². The number of fused-ring (bicyclic) bond motifs is 1. The lowest BCUT2D eigenvalue weighted by Crippen LogP contribution is -2.44. The van der Waals surface area contributed by atoms with E-state index in [9.17, 15) is 15.3 Å². The number of nitrogens with zero attached hydrogens (tertiary/aromatic N) is 3. The van der Waals surface area contributed by atoms with Crippen molar-refractivity contribution in [2.75, 3.05) is 12.3 Å². The summed E-state index contributed by atoms with van der Waals surface area (Å²) in [5.41, 5.74) is 6.34. The standard InChI is InChI=1S/C18H20N4O4/c1-18(25)14(24)12(9-23)26-16(18)22-8-7-11-13(10-5-3-2-4-6-10)20-17(19)21-15(11)22/h2-8,12,14,16,23-25H,9H2,1H3,(H2,19,20,21)/t12-,14-,16?,18-/m1/s1. The maximum Gasteiger partial charge on any atom is 0.222 e. The van der Waals surface area contributed by atoms with Gasteiger partial charge in [-0.25, -0.2) is 4.98 Å². The van der Waals surface area contributed by atoms with Gasteiger partial charge < -0.3 is 30.4 Å². The first-order valence-electron chi connectivity index (χ1n) is 8.29. The van der Waals surface area contributed by atoms with Crippen LogP contribution in [0.1, 0.15) is 13.2 Å². The van der Waals surface area contributed by atoms with Gasteiger partial charge in [0.25, 0.3) is 0 Å². The normalized spacial score (nSPS) is 28.7. The molecule has 1 aliphatic rings. The van der Waals surface area contributed by atoms with Crippen molar-refractivity contribution in [3.05, 3.63) is 42.6 Å². The number of hydrogen-bond donors (Lipinski definition) is 4. The molecule has 8 nitrogen and oxygen atoms in total. The quantitative estimate of drug-likeness (QED) is 0.543. The van der Waals surface area contributed by atoms with Gasteiger partial charge in [-0.15, -0.1) is 0 Å². The molecule has 0 amide bonds. The lowest BCUT2D eigenvalue weighted by atomic mass is 9.96. The summed E-state index contributed by atoms with van der Waals surface area (Å²) in [5.74, 6) is 0.0909. The average molecular weight is 356 g/mol. The lowest BCUT2D eigenvalue weighted by molar-refractivity contribution is -0.0948. The monoisotopic (exact) mass is 356 g/mol. The average Bonchev–Trinajstić information content (AvgIpc) is 3.14. The van der Waals surface area contributed by atoms with Crippen LogP contribution >= 0.6 is 0 Å². The highest BCUT2D eigenvalue weighted by Crippen LogP contribution is 2.40. The minimum absolute atomic E-state index is 0.0909. The lowest BCUT2D eigenvalue weighted by Gasteiger charge is -2.27. The van der Waals surface area contributed by atoms with Crippen LogP contribution in [0.15, 0.2) is 42.6 Å². The third-order valence-electron chi connectivity index (χ3n) is 4.82. The molecule has 0 aliphatic carbocycles. The highest BCUT2D eigenvalue weighted by molar-refractivity contribution is 5.92. The molecule has 2 aromatic heterocycles. The fourth-order valence-electron chi connectivity index (χ4n) is 3.45. The van der Waals surface area contributed by atoms with Gasteiger partial charge in [0.2, 0.25) is 5.95 Å². The van der Waals surface area contributed by atoms with Gasteiger partial charge in [0.1, 0.15) is 23.5 Å². The van der Waals surface area contributed by atoms with Crippen molar-refractivity contribution < 1.29 is 20.1 Å². The summed E-state index contributed by atoms with van der Waals surface area (Å²) in [6, 6.07) is 11.4. The van der Waals surface area contributed by atoms with Crippen LogP contribution in [0, 0.1) is 0 Å². The second kappa shape index (κ2) is 6.03. The Morgan fingerprint density at radius 2 is 1.96 bits per heavy atom. The topological polar surface area (TPSA) is 127 Å². The van der Waals surface area contributed by atoms with E-state index in [-0.39, 0.29) is 5.95 Å². The number of rotatable bonds is 3. The largest absolute Gasteiger partial charge is 0.394 e. The third-order valence-corrected chi connectivity index (χ3v) is 4.82. The molecule has 5 N–H and O–H groups in total. The predicted octanol–water partition coefficient (Wildman–Crippen LogP) is 0.682. The highest BCUT2D eigenvalue weighted by atomic mass is 16.6. The van der Waals surface area contributed by atoms with Crippen LogP contribution in [0.4, 0.5) is 5.95 Å². The third kappa shape index (κ3) is 2.46. The first-order valence-corrected chi connectivity index (χ1v) is 8.29. The Balaban J connectivity index is 1.88. The smallest absolute Gasteiger partial charge is 0.222 e. The van der Waals surface area contributed by atoms with Crippen molar-refractivity contribution in [2.24, 2.45) is 0 Å². The van der Waals surface area contributed by atoms with Gasteiger partial charge in [-0.3, -0.25) is 0 Å². The van der Waals surface area contributed by atoms with Crippen molar-refractivity contribution >= 4 is 17.0 Å². The van der Waals surface area contributed by atoms with Crippen LogP contribution in [0.3, 0.4) is 0 Å². The Hall–Kier alpha value is -2.52. The van der Waals surface area contributed by atoms with Gasteiger partial charge >= 0.3 is 0 Å². The molecule has 1 aromatic carbocycles. The zero-order chi connectivity index (χ0) is 18.5. The number of hydrogen-bond acceptors (Lipinski definition) is 7. The van der Waals surface area contributed by atoms with Gasteiger partial charge in [-0.05, 0) is 13.0 Å². The SMILES string of the molecule is C[C@]1(O)C(n2ccc3c(-c4ccccc4)nc(N)nc32)O[C@H](CO)[C@H]1O. The fraction of sp³-hybridized carbons (Fsp3) is 0.333. The summed E-state index contributed by atoms with van der Waals surface area (Å²) in [6.07, 6.45) is -1.34. The zero-order valence-corrected chi connectivity index (χ0v) is 14.1. The van der Waals surface area contributed by atoms with E-state index < -0.39 is 30.6 Å². The maximum atomic E-state index is 10.7. The van der Waals surface area contributed by atoms with Crippen molar-refractivity contribution in [2.45, 2.75) is 31.0 Å². The summed E-state index contributed by atoms with van der Waals surface area (Å²) in [4.78, 5) is 8.66. The second-order valence-electron chi connectivity index (χ2n) is 6.64. The van der Waals surface area contributed by atoms with E-state index in [1.54, 1.807) is 10.8 Å². The molecule has 4 rings (SSSR count). The molecule has 3 aromatic rings. The molecule has 0 spiro atoms. The Morgan fingerprint density at radius 3 is 2.62 bits per heavy atom. The molecule has 26 heavy (non-hydrogen) atoms. The minimum Gasteiger partial charge on any atom is -0.394 e. The predicted molar refractivity (Wildman–Crippen MR) is 95.0 cm³/mol. The zero-order valence-electron chi connectivity index (χ0n) is 14.1. The first kappa shape index (κ1) is 16.9. The summed E-state index contributed by atoms with van der Waals surface area (Å²) in [7, 11) is 0. The van der Waals surface area contributed by atoms with Crippen LogP contribution in [-0.2, 0) is 4.74 Å². The Morgan fingerprint density at radius 1 is 1.23 bits per heavy atom. The van der Waals surface area contributed by atoms with Gasteiger partial charge in [0.05, 0.1) is 12.3 Å². The molecular formula is C18H20N4O4. The summed E-state index contributed by atoms with van der Waals surface area (Å²) >= 11 is 0. The number of aromatic nitrogens is 3. The van der Waals surface area contributed by atoms with Crippen LogP contribution < -0.4 is 5.73 Å². The molecule has 4 atom stereocenters. The van der Waals surface area contributed by atoms with Crippen LogP contribution in [0.2, 0.25) is 0 Å². The van der Waals surface area contributed by atoms with E-state index >= 15 is 0 Å². The molecule has 8 heteroatoms. The molecule has 0 radical (unpaired) electrons. The molecule has 1 aliphatic heterocycles. The molecular weight excluding hydrogens is 336 g/mol. The summed E-state index contributed by atoms with van der Waals surface area (Å²) in [6.45, 7) is 1.06. The molecule has 1 fully saturated rings. The van der Waals surface area contributed by atoms with Crippen molar-refractivity contribution in [1.29, 1.82) is 0 Å². The number of nitrogens with two attached hydrogens (primary N) is 1. The number of ether oxygens (including phenoxy) is 1. The van der Waals surface area contributed by atoms with Crippen LogP contribution in [0.5, 0.6) is 0 Å². The molecule has 3 heterocycles. The van der Waals surface area contributed by atoms with E-state index in [4.69, 9.17) is 10.5 Å². The molecule has 0 saturated carbocycles. The van der Waals surface area contributed by atoms with Gasteiger partial charge in [-0.1, -0.05) is 30.3 Å². The van der Waals surface area contributed by atoms with E-state index in [2.05, 4.69) is 9.97 Å². The number of nitrogen functional groups attached to an aromatic ring is 1. The number of anilines is 1. The van der Waals surface area contributed by atoms with Crippen molar-refractivity contribution in [3.8, 4) is 11.3 Å². The Labute approximate surface area is 149 Å². The Kier molecular flexibility index (Phi) is 3.92. The molecule has 0 bridgehead atoms. The van der Waals surface area contributed by atoms with Crippen molar-refractivity contribution in [3.63, 3.8) is 0 Å². The summed E-state index contributed by atoms with van der Waals surface area (Å²) in [5, 5.41) is 31.1. The van der Waals surface area contributed by atoms with Gasteiger partial charge in [0.15, 0.2) is 6.23 Å². The van der Waals surface area contributed by atoms with Gasteiger partial charge in [-0.2, -0.15) is 4.98 Å². The molecule has 136 valence electrons. The molecule has 1 saturated heterocycles. The second-order valence-corrected chi connectivity index (χ2v) is 6.64. The molecule has 1 unspecified atom stereocenters. The van der Waals surface area contributed by atoms with Crippen LogP contribution in [-0.4, -0.2) is 54.3 Å². The van der Waals surface area contributed by atoms with E-state index in [1.165, 1.54) is 6.92 Å². The van der Waals surface area contributed by atoms with E-state index in [1.807, 2.05) is 36.4 Å². The fourth-order valence-corrected chi connectivity index (χ4v) is 3.45. The number of aliphatic hydroxyl groups excluding tert-OH is 2. The minimum atomic E-state index is -1.61. The van der Waals surface area contributed by atoms with E-state index in [0.717, 1.165) is 10.9 Å². The first-order chi connectivity index (χ1) is 12.4. The number of benzene rings is 1.